The summed E-state index contributed by atoms with van der Waals surface area (Å²) >= 11 is 3.36. The topological polar surface area (TPSA) is 58.2 Å². The van der Waals surface area contributed by atoms with E-state index in [1.165, 1.54) is 0 Å². The van der Waals surface area contributed by atoms with E-state index in [4.69, 9.17) is 0 Å². The first-order valence-corrected chi connectivity index (χ1v) is 8.64. The molecule has 2 amide bonds. The molecule has 0 saturated heterocycles. The van der Waals surface area contributed by atoms with Crippen LogP contribution in [0.2, 0.25) is 0 Å². The molecule has 5 heteroatoms. The molecular formula is C19H21BrN2O2. The van der Waals surface area contributed by atoms with Crippen molar-refractivity contribution in [1.82, 2.24) is 5.32 Å². The summed E-state index contributed by atoms with van der Waals surface area (Å²) in [6.45, 7) is 3.82. The molecule has 126 valence electrons. The van der Waals surface area contributed by atoms with E-state index in [1.54, 1.807) is 0 Å². The summed E-state index contributed by atoms with van der Waals surface area (Å²) < 4.78 is 0.942. The van der Waals surface area contributed by atoms with Gasteiger partial charge in [-0.2, -0.15) is 0 Å². The highest BCUT2D eigenvalue weighted by molar-refractivity contribution is 9.10. The summed E-state index contributed by atoms with van der Waals surface area (Å²) in [6.07, 6.45) is 0.260. The molecule has 1 unspecified atom stereocenters. The van der Waals surface area contributed by atoms with E-state index < -0.39 is 6.04 Å². The minimum atomic E-state index is -0.579. The highest BCUT2D eigenvalue weighted by atomic mass is 79.9. The Hall–Kier alpha value is -2.14. The van der Waals surface area contributed by atoms with Gasteiger partial charge in [-0.1, -0.05) is 60.1 Å². The molecule has 0 spiro atoms. The molecule has 4 nitrogen and oxygen atoms in total. The third-order valence-corrected chi connectivity index (χ3v) is 4.11. The van der Waals surface area contributed by atoms with Crippen LogP contribution in [-0.2, 0) is 16.0 Å². The first-order chi connectivity index (χ1) is 11.5. The molecule has 24 heavy (non-hydrogen) atoms. The lowest BCUT2D eigenvalue weighted by Gasteiger charge is -2.22. The monoisotopic (exact) mass is 388 g/mol. The fraction of sp³-hybridized carbons (Fsp3) is 0.263. The number of carbonyl (C=O) groups excluding carboxylic acids is 2. The van der Waals surface area contributed by atoms with Gasteiger partial charge >= 0.3 is 0 Å². The van der Waals surface area contributed by atoms with Crippen LogP contribution in [0.25, 0.3) is 0 Å². The highest BCUT2D eigenvalue weighted by Crippen LogP contribution is 2.15. The molecule has 0 aliphatic rings. The second kappa shape index (κ2) is 8.64. The lowest BCUT2D eigenvalue weighted by atomic mass is 10.0. The zero-order chi connectivity index (χ0) is 17.5. The lowest BCUT2D eigenvalue weighted by Crippen LogP contribution is -2.47. The standard InChI is InChI=1S/C19H21BrN2O2/c1-13(2)18(19(24)21-16-10-8-15(20)9-11-16)22-17(23)12-14-6-4-3-5-7-14/h3-11,13,18H,12H2,1-2H3,(H,21,24)(H,22,23). The molecular weight excluding hydrogens is 368 g/mol. The van der Waals surface area contributed by atoms with Gasteiger partial charge in [-0.3, -0.25) is 9.59 Å². The smallest absolute Gasteiger partial charge is 0.247 e. The Kier molecular flexibility index (Phi) is 6.55. The fourth-order valence-electron chi connectivity index (χ4n) is 2.29. The van der Waals surface area contributed by atoms with Gasteiger partial charge in [0.25, 0.3) is 0 Å². The van der Waals surface area contributed by atoms with Crippen molar-refractivity contribution in [3.8, 4) is 0 Å². The van der Waals surface area contributed by atoms with Gasteiger partial charge in [0.2, 0.25) is 11.8 Å². The van der Waals surface area contributed by atoms with Crippen LogP contribution in [0, 0.1) is 5.92 Å². The molecule has 2 rings (SSSR count). The van der Waals surface area contributed by atoms with Crippen LogP contribution >= 0.6 is 15.9 Å². The fourth-order valence-corrected chi connectivity index (χ4v) is 2.56. The molecule has 2 aromatic rings. The van der Waals surface area contributed by atoms with Crippen molar-refractivity contribution in [3.63, 3.8) is 0 Å². The Bertz CT molecular complexity index is 684. The average Bonchev–Trinajstić information content (AvgIpc) is 2.55. The van der Waals surface area contributed by atoms with Gasteiger partial charge in [-0.05, 0) is 35.7 Å². The molecule has 0 aliphatic heterocycles. The predicted octanol–water partition coefficient (Wildman–Crippen LogP) is 3.77. The first kappa shape index (κ1) is 18.2. The number of nitrogens with one attached hydrogen (secondary N) is 2. The molecule has 0 aromatic heterocycles. The molecule has 0 radical (unpaired) electrons. The van der Waals surface area contributed by atoms with Crippen LogP contribution in [0.3, 0.4) is 0 Å². The van der Waals surface area contributed by atoms with E-state index in [9.17, 15) is 9.59 Å². The summed E-state index contributed by atoms with van der Waals surface area (Å²) in [6, 6.07) is 16.2. The number of hydrogen-bond donors (Lipinski definition) is 2. The van der Waals surface area contributed by atoms with Crippen LogP contribution in [0.5, 0.6) is 0 Å². The Morgan fingerprint density at radius 3 is 2.21 bits per heavy atom. The van der Waals surface area contributed by atoms with Crippen LogP contribution < -0.4 is 10.6 Å². The van der Waals surface area contributed by atoms with Gasteiger partial charge in [0.15, 0.2) is 0 Å². The van der Waals surface area contributed by atoms with E-state index in [2.05, 4.69) is 26.6 Å². The van der Waals surface area contributed by atoms with Gasteiger partial charge < -0.3 is 10.6 Å². The third-order valence-electron chi connectivity index (χ3n) is 3.58. The van der Waals surface area contributed by atoms with E-state index in [0.717, 1.165) is 10.0 Å². The first-order valence-electron chi connectivity index (χ1n) is 7.85. The van der Waals surface area contributed by atoms with E-state index in [0.29, 0.717) is 5.69 Å². The number of rotatable bonds is 6. The number of amides is 2. The lowest BCUT2D eigenvalue weighted by molar-refractivity contribution is -0.127. The van der Waals surface area contributed by atoms with E-state index >= 15 is 0 Å². The minimum Gasteiger partial charge on any atom is -0.344 e. The molecule has 0 saturated carbocycles. The van der Waals surface area contributed by atoms with Gasteiger partial charge in [0, 0.05) is 10.2 Å². The summed E-state index contributed by atoms with van der Waals surface area (Å²) in [7, 11) is 0. The maximum atomic E-state index is 12.5. The van der Waals surface area contributed by atoms with Crippen molar-refractivity contribution in [2.24, 2.45) is 5.92 Å². The Morgan fingerprint density at radius 1 is 1.00 bits per heavy atom. The number of benzene rings is 2. The quantitative estimate of drug-likeness (QED) is 0.790. The summed E-state index contributed by atoms with van der Waals surface area (Å²) in [5.74, 6) is -0.389. The number of carbonyl (C=O) groups is 2. The summed E-state index contributed by atoms with van der Waals surface area (Å²) in [5.41, 5.74) is 1.62. The van der Waals surface area contributed by atoms with Crippen LogP contribution in [0.15, 0.2) is 59.1 Å². The molecule has 0 fully saturated rings. The van der Waals surface area contributed by atoms with Gasteiger partial charge in [0.05, 0.1) is 6.42 Å². The molecule has 2 N–H and O–H groups in total. The van der Waals surface area contributed by atoms with Crippen LogP contribution in [-0.4, -0.2) is 17.9 Å². The predicted molar refractivity (Wildman–Crippen MR) is 99.7 cm³/mol. The van der Waals surface area contributed by atoms with Crippen molar-refractivity contribution in [2.75, 3.05) is 5.32 Å². The minimum absolute atomic E-state index is 0.0137. The molecule has 0 aliphatic carbocycles. The van der Waals surface area contributed by atoms with E-state index in [1.807, 2.05) is 68.4 Å². The average molecular weight is 389 g/mol. The van der Waals surface area contributed by atoms with Gasteiger partial charge in [-0.25, -0.2) is 0 Å². The Balaban J connectivity index is 1.98. The van der Waals surface area contributed by atoms with Crippen molar-refractivity contribution in [3.05, 3.63) is 64.6 Å². The number of anilines is 1. The van der Waals surface area contributed by atoms with Crippen molar-refractivity contribution < 1.29 is 9.59 Å². The van der Waals surface area contributed by atoms with Crippen LogP contribution in [0.4, 0.5) is 5.69 Å². The number of halogens is 1. The van der Waals surface area contributed by atoms with Crippen molar-refractivity contribution >= 4 is 33.4 Å². The second-order valence-electron chi connectivity index (χ2n) is 5.95. The Labute approximate surface area is 150 Å². The molecule has 1 atom stereocenters. The number of hydrogen-bond acceptors (Lipinski definition) is 2. The molecule has 0 bridgehead atoms. The molecule has 2 aromatic carbocycles. The largest absolute Gasteiger partial charge is 0.344 e. The zero-order valence-corrected chi connectivity index (χ0v) is 15.3. The highest BCUT2D eigenvalue weighted by Gasteiger charge is 2.24. The van der Waals surface area contributed by atoms with Crippen LogP contribution in [0.1, 0.15) is 19.4 Å². The zero-order valence-electron chi connectivity index (χ0n) is 13.8. The van der Waals surface area contributed by atoms with Crippen molar-refractivity contribution in [2.45, 2.75) is 26.3 Å². The second-order valence-corrected chi connectivity index (χ2v) is 6.86. The summed E-state index contributed by atoms with van der Waals surface area (Å²) in [4.78, 5) is 24.7. The van der Waals surface area contributed by atoms with Gasteiger partial charge in [-0.15, -0.1) is 0 Å². The van der Waals surface area contributed by atoms with Gasteiger partial charge in [0.1, 0.15) is 6.04 Å². The summed E-state index contributed by atoms with van der Waals surface area (Å²) in [5, 5.41) is 5.68. The normalized spacial score (nSPS) is 11.8. The SMILES string of the molecule is CC(C)C(NC(=O)Cc1ccccc1)C(=O)Nc1ccc(Br)cc1. The maximum Gasteiger partial charge on any atom is 0.247 e. The Morgan fingerprint density at radius 2 is 1.62 bits per heavy atom. The van der Waals surface area contributed by atoms with Crippen molar-refractivity contribution in [1.29, 1.82) is 0 Å². The maximum absolute atomic E-state index is 12.5. The third kappa shape index (κ3) is 5.49. The molecule has 0 heterocycles. The van der Waals surface area contributed by atoms with E-state index in [-0.39, 0.29) is 24.2 Å².